The minimum Gasteiger partial charge on any atom is -0.369 e. The minimum atomic E-state index is -0.519. The lowest BCUT2D eigenvalue weighted by molar-refractivity contribution is -0.384. The molecule has 0 unspecified atom stereocenters. The molecule has 142 valence electrons. The number of aromatic nitrogens is 2. The SMILES string of the molecule is NC(=O)CN1CCC(NC(=O)c2ccc(-n3ccnc3)c([N+](=O)[O-])c2)CC1. The number of piperidine rings is 1. The molecule has 1 aliphatic rings. The number of nitro groups is 1. The van der Waals surface area contributed by atoms with Crippen LogP contribution < -0.4 is 11.1 Å². The molecule has 0 spiro atoms. The molecule has 3 N–H and O–H groups in total. The second kappa shape index (κ2) is 7.96. The lowest BCUT2D eigenvalue weighted by Gasteiger charge is -2.31. The monoisotopic (exact) mass is 372 g/mol. The molecule has 1 aliphatic heterocycles. The maximum Gasteiger partial charge on any atom is 0.294 e. The predicted octanol–water partition coefficient (Wildman–Crippen LogP) is 0.460. The second-order valence-electron chi connectivity index (χ2n) is 6.42. The summed E-state index contributed by atoms with van der Waals surface area (Å²) in [5.41, 5.74) is 5.59. The number of imidazole rings is 1. The molecule has 0 aliphatic carbocycles. The third-order valence-electron chi connectivity index (χ3n) is 4.52. The molecule has 2 heterocycles. The molecule has 0 radical (unpaired) electrons. The van der Waals surface area contributed by atoms with Crippen LogP contribution in [0.25, 0.3) is 5.69 Å². The number of likely N-dealkylation sites (tertiary alicyclic amines) is 1. The molecule has 0 saturated carbocycles. The van der Waals surface area contributed by atoms with E-state index in [2.05, 4.69) is 10.3 Å². The fourth-order valence-corrected chi connectivity index (χ4v) is 3.16. The van der Waals surface area contributed by atoms with Crippen LogP contribution in [0.3, 0.4) is 0 Å². The highest BCUT2D eigenvalue weighted by Gasteiger charge is 2.23. The van der Waals surface area contributed by atoms with Crippen LogP contribution in [0.4, 0.5) is 5.69 Å². The van der Waals surface area contributed by atoms with Gasteiger partial charge in [0, 0.05) is 43.2 Å². The van der Waals surface area contributed by atoms with Gasteiger partial charge in [0.1, 0.15) is 5.69 Å². The van der Waals surface area contributed by atoms with Crippen LogP contribution in [-0.4, -0.2) is 56.9 Å². The molecular weight excluding hydrogens is 352 g/mol. The summed E-state index contributed by atoms with van der Waals surface area (Å²) in [6.07, 6.45) is 5.96. The zero-order valence-electron chi connectivity index (χ0n) is 14.6. The number of nitrogens with two attached hydrogens (primary N) is 1. The van der Waals surface area contributed by atoms with E-state index in [4.69, 9.17) is 5.73 Å². The summed E-state index contributed by atoms with van der Waals surface area (Å²) in [7, 11) is 0. The van der Waals surface area contributed by atoms with Gasteiger partial charge in [-0.2, -0.15) is 0 Å². The fraction of sp³-hybridized carbons (Fsp3) is 0.353. The molecule has 10 nitrogen and oxygen atoms in total. The summed E-state index contributed by atoms with van der Waals surface area (Å²) in [5.74, 6) is -0.730. The van der Waals surface area contributed by atoms with Gasteiger partial charge in [-0.25, -0.2) is 4.98 Å². The van der Waals surface area contributed by atoms with Crippen molar-refractivity contribution in [2.75, 3.05) is 19.6 Å². The average Bonchev–Trinajstić information content (AvgIpc) is 3.17. The van der Waals surface area contributed by atoms with Crippen molar-refractivity contribution in [2.24, 2.45) is 5.73 Å². The van der Waals surface area contributed by atoms with Gasteiger partial charge in [-0.1, -0.05) is 0 Å². The van der Waals surface area contributed by atoms with Gasteiger partial charge in [0.15, 0.2) is 0 Å². The van der Waals surface area contributed by atoms with Crippen LogP contribution in [0.1, 0.15) is 23.2 Å². The van der Waals surface area contributed by atoms with E-state index in [0.29, 0.717) is 31.6 Å². The molecule has 0 bridgehead atoms. The number of primary amides is 1. The highest BCUT2D eigenvalue weighted by molar-refractivity contribution is 5.95. The molecule has 1 fully saturated rings. The lowest BCUT2D eigenvalue weighted by Crippen LogP contribution is -2.46. The number of nitro benzene ring substituents is 1. The summed E-state index contributed by atoms with van der Waals surface area (Å²) in [6.45, 7) is 1.53. The Balaban J connectivity index is 1.68. The summed E-state index contributed by atoms with van der Waals surface area (Å²) >= 11 is 0. The van der Waals surface area contributed by atoms with Gasteiger partial charge >= 0.3 is 0 Å². The number of nitrogens with zero attached hydrogens (tertiary/aromatic N) is 4. The van der Waals surface area contributed by atoms with Gasteiger partial charge in [-0.3, -0.25) is 24.6 Å². The molecule has 3 rings (SSSR count). The van der Waals surface area contributed by atoms with Crippen molar-refractivity contribution >= 4 is 17.5 Å². The summed E-state index contributed by atoms with van der Waals surface area (Å²) in [5, 5.41) is 14.3. The van der Waals surface area contributed by atoms with E-state index >= 15 is 0 Å². The molecule has 0 atom stereocenters. The summed E-state index contributed by atoms with van der Waals surface area (Å²) in [4.78, 5) is 40.2. The van der Waals surface area contributed by atoms with E-state index in [0.717, 1.165) is 0 Å². The number of amides is 2. The number of hydrogen-bond acceptors (Lipinski definition) is 6. The highest BCUT2D eigenvalue weighted by Crippen LogP contribution is 2.24. The van der Waals surface area contributed by atoms with Crippen LogP contribution in [0.5, 0.6) is 0 Å². The second-order valence-corrected chi connectivity index (χ2v) is 6.42. The highest BCUT2D eigenvalue weighted by atomic mass is 16.6. The molecule has 2 aromatic rings. The third-order valence-corrected chi connectivity index (χ3v) is 4.52. The minimum absolute atomic E-state index is 0.0472. The molecule has 27 heavy (non-hydrogen) atoms. The Morgan fingerprint density at radius 1 is 1.33 bits per heavy atom. The molecule has 10 heteroatoms. The van der Waals surface area contributed by atoms with Gasteiger partial charge in [0.05, 0.1) is 17.8 Å². The van der Waals surface area contributed by atoms with Gasteiger partial charge in [0.2, 0.25) is 5.91 Å². The molecular formula is C17H20N6O4. The van der Waals surface area contributed by atoms with Crippen molar-refractivity contribution < 1.29 is 14.5 Å². The summed E-state index contributed by atoms with van der Waals surface area (Å²) < 4.78 is 1.52. The van der Waals surface area contributed by atoms with Gasteiger partial charge in [0.25, 0.3) is 11.6 Å². The maximum atomic E-state index is 12.5. The third kappa shape index (κ3) is 4.47. The standard InChI is InChI=1S/C17H20N6O4/c18-16(24)10-21-6-3-13(4-7-21)20-17(25)12-1-2-14(15(9-12)23(26)27)22-8-5-19-11-22/h1-2,5,8-9,11,13H,3-4,6-7,10H2,(H2,18,24)(H,20,25). The first-order valence-corrected chi connectivity index (χ1v) is 8.52. The Bertz CT molecular complexity index is 843. The largest absolute Gasteiger partial charge is 0.369 e. The van der Waals surface area contributed by atoms with Crippen LogP contribution in [0.15, 0.2) is 36.9 Å². The molecule has 1 aromatic heterocycles. The first-order valence-electron chi connectivity index (χ1n) is 8.52. The quantitative estimate of drug-likeness (QED) is 0.558. The Hall–Kier alpha value is -3.27. The maximum absolute atomic E-state index is 12.5. The Kier molecular flexibility index (Phi) is 5.46. The number of rotatable bonds is 6. The number of hydrogen-bond donors (Lipinski definition) is 2. The van der Waals surface area contributed by atoms with Crippen molar-refractivity contribution in [3.05, 3.63) is 52.6 Å². The number of carbonyl (C=O) groups is 2. The average molecular weight is 372 g/mol. The van der Waals surface area contributed by atoms with Gasteiger partial charge < -0.3 is 15.6 Å². The van der Waals surface area contributed by atoms with Crippen molar-refractivity contribution in [3.63, 3.8) is 0 Å². The zero-order valence-corrected chi connectivity index (χ0v) is 14.6. The van der Waals surface area contributed by atoms with Crippen molar-refractivity contribution in [2.45, 2.75) is 18.9 Å². The van der Waals surface area contributed by atoms with E-state index in [1.54, 1.807) is 12.3 Å². The molecule has 2 amide bonds. The lowest BCUT2D eigenvalue weighted by atomic mass is 10.0. The number of benzene rings is 1. The Labute approximate surface area is 155 Å². The van der Waals surface area contributed by atoms with Crippen molar-refractivity contribution in [1.82, 2.24) is 19.8 Å². The van der Waals surface area contributed by atoms with Crippen LogP contribution in [-0.2, 0) is 4.79 Å². The Morgan fingerprint density at radius 3 is 2.67 bits per heavy atom. The van der Waals surface area contributed by atoms with Crippen LogP contribution in [0.2, 0.25) is 0 Å². The Morgan fingerprint density at radius 2 is 2.07 bits per heavy atom. The zero-order chi connectivity index (χ0) is 19.4. The van der Waals surface area contributed by atoms with Crippen LogP contribution >= 0.6 is 0 Å². The predicted molar refractivity (Wildman–Crippen MR) is 96.3 cm³/mol. The molecule has 1 aromatic carbocycles. The first kappa shape index (κ1) is 18.5. The molecule has 1 saturated heterocycles. The first-order chi connectivity index (χ1) is 12.9. The smallest absolute Gasteiger partial charge is 0.294 e. The number of carbonyl (C=O) groups excluding carboxylic acids is 2. The normalized spacial score (nSPS) is 15.4. The van der Waals surface area contributed by atoms with Crippen molar-refractivity contribution in [3.8, 4) is 5.69 Å². The van der Waals surface area contributed by atoms with Crippen molar-refractivity contribution in [1.29, 1.82) is 0 Å². The van der Waals surface area contributed by atoms with Crippen LogP contribution in [0, 0.1) is 10.1 Å². The van der Waals surface area contributed by atoms with E-state index in [-0.39, 0.29) is 35.7 Å². The fourth-order valence-electron chi connectivity index (χ4n) is 3.16. The van der Waals surface area contributed by atoms with Gasteiger partial charge in [-0.15, -0.1) is 0 Å². The van der Waals surface area contributed by atoms with E-state index in [1.165, 1.54) is 29.2 Å². The number of nitrogens with one attached hydrogen (secondary N) is 1. The summed E-state index contributed by atoms with van der Waals surface area (Å²) in [6, 6.07) is 4.31. The van der Waals surface area contributed by atoms with E-state index < -0.39 is 4.92 Å². The van der Waals surface area contributed by atoms with Gasteiger partial charge in [-0.05, 0) is 25.0 Å². The van der Waals surface area contributed by atoms with E-state index in [9.17, 15) is 19.7 Å². The van der Waals surface area contributed by atoms with E-state index in [1.807, 2.05) is 4.90 Å². The topological polar surface area (TPSA) is 136 Å².